The van der Waals surface area contributed by atoms with E-state index in [1.807, 2.05) is 19.1 Å². The van der Waals surface area contributed by atoms with Crippen LogP contribution in [-0.2, 0) is 0 Å². The van der Waals surface area contributed by atoms with Gasteiger partial charge in [0.25, 0.3) is 0 Å². The fraction of sp³-hybridized carbons (Fsp3) is 0.211. The fourth-order valence-corrected chi connectivity index (χ4v) is 2.83. The van der Waals surface area contributed by atoms with Gasteiger partial charge in [-0.25, -0.2) is 0 Å². The number of methoxy groups -OCH3 is 1. The Hall–Kier alpha value is -2.35. The Balaban J connectivity index is 2.34. The first-order valence-corrected chi connectivity index (χ1v) is 7.11. The Kier molecular flexibility index (Phi) is 3.38. The zero-order chi connectivity index (χ0) is 15.0. The molecule has 0 amide bonds. The summed E-state index contributed by atoms with van der Waals surface area (Å²) >= 11 is 0. The van der Waals surface area contributed by atoms with Gasteiger partial charge in [-0.1, -0.05) is 29.3 Å². The standard InChI is InChI=1S/C19H19NO/c1-12-7-13(2)9-15(8-12)17-10-14(3)20-19-6-5-16(21-4)11-18(17)19/h5-11H,1-4H3. The van der Waals surface area contributed by atoms with E-state index in [9.17, 15) is 0 Å². The highest BCUT2D eigenvalue weighted by atomic mass is 16.5. The summed E-state index contributed by atoms with van der Waals surface area (Å²) in [6.07, 6.45) is 0. The van der Waals surface area contributed by atoms with E-state index in [-0.39, 0.29) is 0 Å². The molecule has 0 radical (unpaired) electrons. The third-order valence-electron chi connectivity index (χ3n) is 3.68. The summed E-state index contributed by atoms with van der Waals surface area (Å²) in [5, 5.41) is 1.13. The van der Waals surface area contributed by atoms with Crippen molar-refractivity contribution in [3.8, 4) is 16.9 Å². The van der Waals surface area contributed by atoms with Gasteiger partial charge in [0, 0.05) is 11.1 Å². The molecule has 0 fully saturated rings. The molecular formula is C19H19NO. The zero-order valence-electron chi connectivity index (χ0n) is 12.9. The first kappa shape index (κ1) is 13.6. The van der Waals surface area contributed by atoms with Crippen LogP contribution in [0.15, 0.2) is 42.5 Å². The first-order valence-electron chi connectivity index (χ1n) is 7.11. The third kappa shape index (κ3) is 2.62. The Morgan fingerprint density at radius 1 is 0.857 bits per heavy atom. The van der Waals surface area contributed by atoms with E-state index in [2.05, 4.69) is 49.2 Å². The number of aryl methyl sites for hydroxylation is 3. The van der Waals surface area contributed by atoms with Gasteiger partial charge < -0.3 is 4.74 Å². The summed E-state index contributed by atoms with van der Waals surface area (Å²) in [4.78, 5) is 4.63. The van der Waals surface area contributed by atoms with Crippen molar-refractivity contribution in [3.05, 3.63) is 59.3 Å². The number of nitrogens with zero attached hydrogens (tertiary/aromatic N) is 1. The topological polar surface area (TPSA) is 22.1 Å². The molecule has 3 aromatic rings. The highest BCUT2D eigenvalue weighted by molar-refractivity contribution is 5.95. The van der Waals surface area contributed by atoms with Gasteiger partial charge >= 0.3 is 0 Å². The molecule has 2 heteroatoms. The van der Waals surface area contributed by atoms with Crippen molar-refractivity contribution in [2.75, 3.05) is 7.11 Å². The van der Waals surface area contributed by atoms with Gasteiger partial charge in [-0.05, 0) is 56.2 Å². The lowest BCUT2D eigenvalue weighted by molar-refractivity contribution is 0.415. The SMILES string of the molecule is COc1ccc2nc(C)cc(-c3cc(C)cc(C)c3)c2c1. The normalized spacial score (nSPS) is 10.9. The van der Waals surface area contributed by atoms with Crippen LogP contribution in [-0.4, -0.2) is 12.1 Å². The van der Waals surface area contributed by atoms with E-state index in [1.54, 1.807) is 7.11 Å². The maximum Gasteiger partial charge on any atom is 0.119 e. The van der Waals surface area contributed by atoms with Crippen LogP contribution >= 0.6 is 0 Å². The molecule has 1 heterocycles. The van der Waals surface area contributed by atoms with Crippen LogP contribution in [0.25, 0.3) is 22.0 Å². The van der Waals surface area contributed by atoms with Gasteiger partial charge in [0.2, 0.25) is 0 Å². The van der Waals surface area contributed by atoms with Crippen LogP contribution in [0, 0.1) is 20.8 Å². The van der Waals surface area contributed by atoms with E-state index < -0.39 is 0 Å². The van der Waals surface area contributed by atoms with Gasteiger partial charge in [0.15, 0.2) is 0 Å². The largest absolute Gasteiger partial charge is 0.497 e. The Bertz CT molecular complexity index is 801. The molecular weight excluding hydrogens is 258 g/mol. The average Bonchev–Trinajstić information content (AvgIpc) is 2.44. The molecule has 0 saturated carbocycles. The van der Waals surface area contributed by atoms with Crippen molar-refractivity contribution in [1.82, 2.24) is 4.98 Å². The van der Waals surface area contributed by atoms with Crippen LogP contribution in [0.3, 0.4) is 0 Å². The van der Waals surface area contributed by atoms with Crippen molar-refractivity contribution in [2.45, 2.75) is 20.8 Å². The molecule has 106 valence electrons. The number of hydrogen-bond acceptors (Lipinski definition) is 2. The van der Waals surface area contributed by atoms with Crippen LogP contribution in [0.2, 0.25) is 0 Å². The molecule has 2 nitrogen and oxygen atoms in total. The summed E-state index contributed by atoms with van der Waals surface area (Å²) < 4.78 is 5.36. The van der Waals surface area contributed by atoms with E-state index in [4.69, 9.17) is 4.74 Å². The molecule has 2 aromatic carbocycles. The lowest BCUT2D eigenvalue weighted by Crippen LogP contribution is -1.91. The molecule has 1 aromatic heterocycles. The summed E-state index contributed by atoms with van der Waals surface area (Å²) in [6.45, 7) is 6.30. The maximum atomic E-state index is 5.36. The van der Waals surface area contributed by atoms with Crippen molar-refractivity contribution in [2.24, 2.45) is 0 Å². The molecule has 0 saturated heterocycles. The number of hydrogen-bond donors (Lipinski definition) is 0. The number of fused-ring (bicyclic) bond motifs is 1. The van der Waals surface area contributed by atoms with Crippen LogP contribution in [0.5, 0.6) is 5.75 Å². The number of pyridine rings is 1. The maximum absolute atomic E-state index is 5.36. The predicted molar refractivity (Wildman–Crippen MR) is 87.9 cm³/mol. The van der Waals surface area contributed by atoms with E-state index in [0.717, 1.165) is 22.3 Å². The monoisotopic (exact) mass is 277 g/mol. The molecule has 3 rings (SSSR count). The average molecular weight is 277 g/mol. The Labute approximate surface area is 125 Å². The number of aromatic nitrogens is 1. The minimum Gasteiger partial charge on any atom is -0.497 e. The molecule has 0 bridgehead atoms. The van der Waals surface area contributed by atoms with Gasteiger partial charge in [0.1, 0.15) is 5.75 Å². The number of benzene rings is 2. The molecule has 0 N–H and O–H groups in total. The van der Waals surface area contributed by atoms with E-state index in [0.29, 0.717) is 0 Å². The molecule has 0 aliphatic rings. The molecule has 0 atom stereocenters. The first-order chi connectivity index (χ1) is 10.1. The van der Waals surface area contributed by atoms with Crippen LogP contribution in [0.1, 0.15) is 16.8 Å². The second-order valence-corrected chi connectivity index (χ2v) is 5.57. The van der Waals surface area contributed by atoms with Crippen molar-refractivity contribution < 1.29 is 4.74 Å². The lowest BCUT2D eigenvalue weighted by atomic mass is 9.97. The van der Waals surface area contributed by atoms with Gasteiger partial charge in [-0.3, -0.25) is 4.98 Å². The van der Waals surface area contributed by atoms with Gasteiger partial charge in [-0.15, -0.1) is 0 Å². The van der Waals surface area contributed by atoms with E-state index >= 15 is 0 Å². The van der Waals surface area contributed by atoms with E-state index in [1.165, 1.54) is 22.3 Å². The highest BCUT2D eigenvalue weighted by Gasteiger charge is 2.08. The summed E-state index contributed by atoms with van der Waals surface area (Å²) in [5.74, 6) is 0.860. The second kappa shape index (κ2) is 5.21. The minimum atomic E-state index is 0.860. The van der Waals surface area contributed by atoms with Crippen LogP contribution < -0.4 is 4.74 Å². The molecule has 0 unspecified atom stereocenters. The molecule has 21 heavy (non-hydrogen) atoms. The minimum absolute atomic E-state index is 0.860. The zero-order valence-corrected chi connectivity index (χ0v) is 12.9. The Morgan fingerprint density at radius 2 is 1.57 bits per heavy atom. The summed E-state index contributed by atoms with van der Waals surface area (Å²) in [6, 6.07) is 14.8. The van der Waals surface area contributed by atoms with Crippen molar-refractivity contribution in [3.63, 3.8) is 0 Å². The third-order valence-corrected chi connectivity index (χ3v) is 3.68. The van der Waals surface area contributed by atoms with Gasteiger partial charge in [0.05, 0.1) is 12.6 Å². The highest BCUT2D eigenvalue weighted by Crippen LogP contribution is 2.32. The molecule has 0 aliphatic heterocycles. The summed E-state index contributed by atoms with van der Waals surface area (Å²) in [7, 11) is 1.69. The number of rotatable bonds is 2. The smallest absolute Gasteiger partial charge is 0.119 e. The van der Waals surface area contributed by atoms with Crippen molar-refractivity contribution >= 4 is 10.9 Å². The van der Waals surface area contributed by atoms with Crippen LogP contribution in [0.4, 0.5) is 0 Å². The molecule has 0 spiro atoms. The Morgan fingerprint density at radius 3 is 2.24 bits per heavy atom. The number of ether oxygens (including phenoxy) is 1. The summed E-state index contributed by atoms with van der Waals surface area (Å²) in [5.41, 5.74) is 7.03. The second-order valence-electron chi connectivity index (χ2n) is 5.57. The lowest BCUT2D eigenvalue weighted by Gasteiger charge is -2.11. The fourth-order valence-electron chi connectivity index (χ4n) is 2.83. The quantitative estimate of drug-likeness (QED) is 0.669. The molecule has 0 aliphatic carbocycles. The predicted octanol–water partition coefficient (Wildman–Crippen LogP) is 4.84. The van der Waals surface area contributed by atoms with Gasteiger partial charge in [-0.2, -0.15) is 0 Å². The van der Waals surface area contributed by atoms with Crippen molar-refractivity contribution in [1.29, 1.82) is 0 Å².